The first kappa shape index (κ1) is 20.3. The summed E-state index contributed by atoms with van der Waals surface area (Å²) in [5, 5.41) is 13.4. The molecule has 1 amide bonds. The third kappa shape index (κ3) is 4.15. The summed E-state index contributed by atoms with van der Waals surface area (Å²) in [5.41, 5.74) is -0.381. The van der Waals surface area contributed by atoms with E-state index in [1.165, 1.54) is 41.1 Å². The maximum absolute atomic E-state index is 14.2. The van der Waals surface area contributed by atoms with Gasteiger partial charge in [0, 0.05) is 11.3 Å². The van der Waals surface area contributed by atoms with Gasteiger partial charge in [-0.3, -0.25) is 4.79 Å². The van der Waals surface area contributed by atoms with Gasteiger partial charge in [0.2, 0.25) is 0 Å². The fourth-order valence-corrected chi connectivity index (χ4v) is 2.86. The molecule has 2 aromatic carbocycles. The molecule has 4 aromatic rings. The first-order valence-corrected chi connectivity index (χ1v) is 8.86. The molecule has 0 aliphatic rings. The molecule has 0 spiro atoms. The highest BCUT2D eigenvalue weighted by Gasteiger charge is 2.30. The summed E-state index contributed by atoms with van der Waals surface area (Å²) in [5.74, 6) is -0.946. The van der Waals surface area contributed by atoms with Crippen molar-refractivity contribution in [2.75, 3.05) is 5.32 Å². The molecule has 0 bridgehead atoms. The molecule has 0 fully saturated rings. The van der Waals surface area contributed by atoms with Crippen LogP contribution in [0.4, 0.5) is 23.2 Å². The van der Waals surface area contributed by atoms with E-state index in [0.717, 1.165) is 18.2 Å². The zero-order chi connectivity index (χ0) is 22.2. The Balaban J connectivity index is 1.56. The highest BCUT2D eigenvalue weighted by atomic mass is 19.4. The molecule has 158 valence electrons. The average molecular weight is 431 g/mol. The SMILES string of the molecule is Cc1nnnn1-c1cc(NC(=O)c2ccc(-c3cccc(C(F)(F)F)c3)o2)ccc1F. The van der Waals surface area contributed by atoms with Gasteiger partial charge >= 0.3 is 6.18 Å². The molecule has 31 heavy (non-hydrogen) atoms. The molecule has 0 aliphatic carbocycles. The van der Waals surface area contributed by atoms with Gasteiger partial charge in [0.1, 0.15) is 17.3 Å². The molecule has 0 radical (unpaired) electrons. The lowest BCUT2D eigenvalue weighted by Crippen LogP contribution is -2.12. The third-order valence-corrected chi connectivity index (χ3v) is 4.36. The Morgan fingerprint density at radius 2 is 1.90 bits per heavy atom. The van der Waals surface area contributed by atoms with Gasteiger partial charge in [-0.1, -0.05) is 12.1 Å². The minimum absolute atomic E-state index is 0.0319. The predicted octanol–water partition coefficient (Wildman–Crippen LogP) is 4.64. The molecule has 2 aromatic heterocycles. The van der Waals surface area contributed by atoms with E-state index in [4.69, 9.17) is 4.42 Å². The van der Waals surface area contributed by atoms with Crippen molar-refractivity contribution < 1.29 is 26.8 Å². The number of hydrogen-bond acceptors (Lipinski definition) is 5. The largest absolute Gasteiger partial charge is 0.451 e. The molecule has 11 heteroatoms. The first-order valence-electron chi connectivity index (χ1n) is 8.86. The topological polar surface area (TPSA) is 85.8 Å². The quantitative estimate of drug-likeness (QED) is 0.476. The number of alkyl halides is 3. The molecular formula is C20H13F4N5O2. The number of carbonyl (C=O) groups is 1. The average Bonchev–Trinajstić information content (AvgIpc) is 3.38. The van der Waals surface area contributed by atoms with E-state index in [2.05, 4.69) is 20.8 Å². The molecule has 1 N–H and O–H groups in total. The smallest absolute Gasteiger partial charge is 0.416 e. The number of carbonyl (C=O) groups excluding carboxylic acids is 1. The number of nitrogens with one attached hydrogen (secondary N) is 1. The summed E-state index contributed by atoms with van der Waals surface area (Å²) < 4.78 is 59.5. The summed E-state index contributed by atoms with van der Waals surface area (Å²) in [6.45, 7) is 1.59. The number of furan rings is 1. The van der Waals surface area contributed by atoms with Crippen LogP contribution in [0.25, 0.3) is 17.0 Å². The number of nitrogens with zero attached hydrogens (tertiary/aromatic N) is 4. The molecule has 0 aliphatic heterocycles. The van der Waals surface area contributed by atoms with Crippen molar-refractivity contribution in [1.82, 2.24) is 20.2 Å². The third-order valence-electron chi connectivity index (χ3n) is 4.36. The zero-order valence-corrected chi connectivity index (χ0v) is 15.8. The summed E-state index contributed by atoms with van der Waals surface area (Å²) >= 11 is 0. The maximum atomic E-state index is 14.2. The van der Waals surface area contributed by atoms with E-state index in [1.807, 2.05) is 0 Å². The Bertz CT molecular complexity index is 1260. The van der Waals surface area contributed by atoms with E-state index in [-0.39, 0.29) is 28.5 Å². The van der Waals surface area contributed by atoms with Crippen LogP contribution in [0.15, 0.2) is 59.0 Å². The van der Waals surface area contributed by atoms with E-state index in [9.17, 15) is 22.4 Å². The lowest BCUT2D eigenvalue weighted by Gasteiger charge is -2.08. The Morgan fingerprint density at radius 1 is 1.10 bits per heavy atom. The second-order valence-corrected chi connectivity index (χ2v) is 6.50. The fourth-order valence-electron chi connectivity index (χ4n) is 2.86. The molecule has 2 heterocycles. The van der Waals surface area contributed by atoms with Crippen LogP contribution in [0.1, 0.15) is 21.9 Å². The molecule has 0 unspecified atom stereocenters. The summed E-state index contributed by atoms with van der Waals surface area (Å²) in [4.78, 5) is 12.5. The molecule has 0 atom stereocenters. The van der Waals surface area contributed by atoms with Crippen molar-refractivity contribution in [3.63, 3.8) is 0 Å². The number of rotatable bonds is 4. The standard InChI is InChI=1S/C20H13F4N5O2/c1-11-26-27-28-29(11)16-10-14(5-6-15(16)21)25-19(30)18-8-7-17(31-18)12-3-2-4-13(9-12)20(22,23)24/h2-10H,1H3,(H,25,30). The van der Waals surface area contributed by atoms with Crippen molar-refractivity contribution in [2.45, 2.75) is 13.1 Å². The van der Waals surface area contributed by atoms with Gasteiger partial charge in [-0.15, -0.1) is 5.10 Å². The Hall–Kier alpha value is -4.02. The van der Waals surface area contributed by atoms with Crippen LogP contribution in [0.5, 0.6) is 0 Å². The van der Waals surface area contributed by atoms with Crippen LogP contribution in [-0.2, 0) is 6.18 Å². The van der Waals surface area contributed by atoms with Gasteiger partial charge in [-0.05, 0) is 59.8 Å². The number of anilines is 1. The lowest BCUT2D eigenvalue weighted by atomic mass is 10.1. The first-order chi connectivity index (χ1) is 14.7. The fraction of sp³-hybridized carbons (Fsp3) is 0.100. The van der Waals surface area contributed by atoms with Gasteiger partial charge in [-0.25, -0.2) is 4.39 Å². The number of aromatic nitrogens is 4. The van der Waals surface area contributed by atoms with Crippen LogP contribution in [0, 0.1) is 12.7 Å². The van der Waals surface area contributed by atoms with Gasteiger partial charge in [0.05, 0.1) is 5.56 Å². The summed E-state index contributed by atoms with van der Waals surface area (Å²) in [7, 11) is 0. The summed E-state index contributed by atoms with van der Waals surface area (Å²) in [6, 6.07) is 11.1. The molecule has 0 saturated heterocycles. The maximum Gasteiger partial charge on any atom is 0.416 e. The molecule has 4 rings (SSSR count). The molecule has 0 saturated carbocycles. The Kier molecular flexibility index (Phi) is 5.01. The predicted molar refractivity (Wildman–Crippen MR) is 101 cm³/mol. The second kappa shape index (κ2) is 7.67. The highest BCUT2D eigenvalue weighted by molar-refractivity contribution is 6.02. The van der Waals surface area contributed by atoms with Crippen LogP contribution >= 0.6 is 0 Å². The monoisotopic (exact) mass is 431 g/mol. The Labute approximate surface area is 172 Å². The zero-order valence-electron chi connectivity index (χ0n) is 15.8. The van der Waals surface area contributed by atoms with E-state index in [1.54, 1.807) is 6.92 Å². The lowest BCUT2D eigenvalue weighted by molar-refractivity contribution is -0.137. The number of halogens is 4. The van der Waals surface area contributed by atoms with Crippen LogP contribution < -0.4 is 5.32 Å². The number of amides is 1. The van der Waals surface area contributed by atoms with Crippen molar-refractivity contribution >= 4 is 11.6 Å². The van der Waals surface area contributed by atoms with Crippen molar-refractivity contribution in [3.05, 3.63) is 77.6 Å². The van der Waals surface area contributed by atoms with Gasteiger partial charge in [0.25, 0.3) is 5.91 Å². The van der Waals surface area contributed by atoms with E-state index >= 15 is 0 Å². The normalized spacial score (nSPS) is 11.5. The number of tetrazole rings is 1. The van der Waals surface area contributed by atoms with Crippen LogP contribution in [0.2, 0.25) is 0 Å². The van der Waals surface area contributed by atoms with Crippen molar-refractivity contribution in [2.24, 2.45) is 0 Å². The van der Waals surface area contributed by atoms with Crippen molar-refractivity contribution in [3.8, 4) is 17.0 Å². The molecule has 7 nitrogen and oxygen atoms in total. The van der Waals surface area contributed by atoms with Gasteiger partial charge < -0.3 is 9.73 Å². The second-order valence-electron chi connectivity index (χ2n) is 6.50. The highest BCUT2D eigenvalue weighted by Crippen LogP contribution is 2.32. The van der Waals surface area contributed by atoms with Gasteiger partial charge in [-0.2, -0.15) is 17.9 Å². The van der Waals surface area contributed by atoms with Crippen LogP contribution in [-0.4, -0.2) is 26.1 Å². The number of aryl methyl sites for hydroxylation is 1. The number of hydrogen-bond donors (Lipinski definition) is 1. The molecular weight excluding hydrogens is 418 g/mol. The minimum atomic E-state index is -4.50. The Morgan fingerprint density at radius 3 is 2.61 bits per heavy atom. The van der Waals surface area contributed by atoms with E-state index in [0.29, 0.717) is 5.82 Å². The van der Waals surface area contributed by atoms with Crippen LogP contribution in [0.3, 0.4) is 0 Å². The number of benzene rings is 2. The van der Waals surface area contributed by atoms with Crippen molar-refractivity contribution in [1.29, 1.82) is 0 Å². The van der Waals surface area contributed by atoms with E-state index < -0.39 is 23.5 Å². The summed E-state index contributed by atoms with van der Waals surface area (Å²) in [6.07, 6.45) is -4.50. The van der Waals surface area contributed by atoms with Gasteiger partial charge in [0.15, 0.2) is 11.6 Å². The minimum Gasteiger partial charge on any atom is -0.451 e.